The van der Waals surface area contributed by atoms with Crippen molar-refractivity contribution in [2.75, 3.05) is 11.4 Å². The SMILES string of the molecule is C#CC1CC(=O)N(c2ncc(Br)nc2Cl)C1. The molecule has 1 amide bonds. The topological polar surface area (TPSA) is 46.1 Å². The largest absolute Gasteiger partial charge is 0.293 e. The zero-order valence-corrected chi connectivity index (χ0v) is 10.5. The van der Waals surface area contributed by atoms with Crippen LogP contribution in [0.3, 0.4) is 0 Å². The number of rotatable bonds is 1. The van der Waals surface area contributed by atoms with Crippen LogP contribution >= 0.6 is 27.5 Å². The molecule has 1 unspecified atom stereocenters. The van der Waals surface area contributed by atoms with Crippen LogP contribution in [0.1, 0.15) is 6.42 Å². The monoisotopic (exact) mass is 299 g/mol. The van der Waals surface area contributed by atoms with Crippen LogP contribution in [0.5, 0.6) is 0 Å². The summed E-state index contributed by atoms with van der Waals surface area (Å²) in [5, 5.41) is 0.195. The van der Waals surface area contributed by atoms with Gasteiger partial charge in [-0.2, -0.15) is 0 Å². The number of halogens is 2. The van der Waals surface area contributed by atoms with Crippen molar-refractivity contribution in [3.63, 3.8) is 0 Å². The van der Waals surface area contributed by atoms with E-state index in [-0.39, 0.29) is 17.0 Å². The van der Waals surface area contributed by atoms with E-state index in [1.807, 2.05) is 0 Å². The molecule has 1 aliphatic rings. The van der Waals surface area contributed by atoms with E-state index in [9.17, 15) is 4.79 Å². The fourth-order valence-electron chi connectivity index (χ4n) is 1.55. The Labute approximate surface area is 106 Å². The molecule has 2 rings (SSSR count). The van der Waals surface area contributed by atoms with Gasteiger partial charge in [0.05, 0.1) is 6.20 Å². The minimum atomic E-state index is -0.0750. The van der Waals surface area contributed by atoms with Crippen LogP contribution in [0.4, 0.5) is 5.82 Å². The van der Waals surface area contributed by atoms with Gasteiger partial charge in [-0.25, -0.2) is 9.97 Å². The van der Waals surface area contributed by atoms with Gasteiger partial charge in [-0.3, -0.25) is 9.69 Å². The lowest BCUT2D eigenvalue weighted by atomic mass is 10.1. The number of anilines is 1. The summed E-state index contributed by atoms with van der Waals surface area (Å²) in [4.78, 5) is 21.2. The van der Waals surface area contributed by atoms with Crippen molar-refractivity contribution in [2.45, 2.75) is 6.42 Å². The Morgan fingerprint density at radius 2 is 2.44 bits per heavy atom. The first-order valence-electron chi connectivity index (χ1n) is 4.56. The molecule has 0 bridgehead atoms. The maximum Gasteiger partial charge on any atom is 0.229 e. The molecule has 1 atom stereocenters. The first-order valence-corrected chi connectivity index (χ1v) is 5.73. The third-order valence-corrected chi connectivity index (χ3v) is 2.93. The van der Waals surface area contributed by atoms with Crippen LogP contribution in [0, 0.1) is 18.3 Å². The van der Waals surface area contributed by atoms with E-state index in [2.05, 4.69) is 31.8 Å². The van der Waals surface area contributed by atoms with E-state index in [4.69, 9.17) is 18.0 Å². The lowest BCUT2D eigenvalue weighted by Crippen LogP contribution is -2.26. The number of carbonyl (C=O) groups is 1. The smallest absolute Gasteiger partial charge is 0.229 e. The van der Waals surface area contributed by atoms with Gasteiger partial charge in [0.1, 0.15) is 4.60 Å². The summed E-state index contributed by atoms with van der Waals surface area (Å²) in [6.07, 6.45) is 7.13. The van der Waals surface area contributed by atoms with E-state index in [0.717, 1.165) is 0 Å². The first-order chi connectivity index (χ1) is 7.61. The third kappa shape index (κ3) is 2.04. The van der Waals surface area contributed by atoms with Crippen molar-refractivity contribution in [1.82, 2.24) is 9.97 Å². The first kappa shape index (κ1) is 11.4. The number of hydrogen-bond donors (Lipinski definition) is 0. The second-order valence-corrected chi connectivity index (χ2v) is 4.55. The normalized spacial score (nSPS) is 19.9. The van der Waals surface area contributed by atoms with Gasteiger partial charge in [-0.1, -0.05) is 11.6 Å². The molecule has 0 aliphatic carbocycles. The van der Waals surface area contributed by atoms with Crippen molar-refractivity contribution < 1.29 is 4.79 Å². The molecular formula is C10H7BrClN3O. The maximum absolute atomic E-state index is 11.7. The quantitative estimate of drug-likeness (QED) is 0.744. The van der Waals surface area contributed by atoms with Gasteiger partial charge in [0.15, 0.2) is 11.0 Å². The van der Waals surface area contributed by atoms with E-state index >= 15 is 0 Å². The predicted molar refractivity (Wildman–Crippen MR) is 64.0 cm³/mol. The van der Waals surface area contributed by atoms with Crippen LogP contribution in [0.2, 0.25) is 5.15 Å². The number of aromatic nitrogens is 2. The van der Waals surface area contributed by atoms with Crippen molar-refractivity contribution >= 4 is 39.3 Å². The average molecular weight is 301 g/mol. The fraction of sp³-hybridized carbons (Fsp3) is 0.300. The van der Waals surface area contributed by atoms with Gasteiger partial charge in [-0.05, 0) is 15.9 Å². The molecule has 0 spiro atoms. The summed E-state index contributed by atoms with van der Waals surface area (Å²) < 4.78 is 0.529. The molecule has 0 saturated carbocycles. The number of terminal acetylenes is 1. The molecule has 1 saturated heterocycles. The highest BCUT2D eigenvalue weighted by molar-refractivity contribution is 9.10. The summed E-state index contributed by atoms with van der Waals surface area (Å²) in [7, 11) is 0. The number of hydrogen-bond acceptors (Lipinski definition) is 3. The minimum absolute atomic E-state index is 0.0681. The molecule has 1 aliphatic heterocycles. The number of nitrogens with zero attached hydrogens (tertiary/aromatic N) is 3. The molecule has 1 aromatic rings. The van der Waals surface area contributed by atoms with Gasteiger partial charge in [0.2, 0.25) is 5.91 Å². The molecule has 0 N–H and O–H groups in total. The highest BCUT2D eigenvalue weighted by Crippen LogP contribution is 2.28. The van der Waals surface area contributed by atoms with Gasteiger partial charge < -0.3 is 0 Å². The van der Waals surface area contributed by atoms with Crippen molar-refractivity contribution in [1.29, 1.82) is 0 Å². The lowest BCUT2D eigenvalue weighted by Gasteiger charge is -2.15. The zero-order valence-electron chi connectivity index (χ0n) is 8.15. The van der Waals surface area contributed by atoms with Crippen molar-refractivity contribution in [3.05, 3.63) is 16.0 Å². The Morgan fingerprint density at radius 3 is 3.00 bits per heavy atom. The van der Waals surface area contributed by atoms with Crippen molar-refractivity contribution in [2.24, 2.45) is 5.92 Å². The molecular weight excluding hydrogens is 293 g/mol. The fourth-order valence-corrected chi connectivity index (χ4v) is 2.17. The molecule has 1 aromatic heterocycles. The summed E-state index contributed by atoms with van der Waals surface area (Å²) in [5.41, 5.74) is 0. The molecule has 16 heavy (non-hydrogen) atoms. The Bertz CT molecular complexity index is 485. The molecule has 82 valence electrons. The van der Waals surface area contributed by atoms with Crippen LogP contribution in [0.15, 0.2) is 10.8 Å². The Hall–Kier alpha value is -1.12. The van der Waals surface area contributed by atoms with E-state index in [1.165, 1.54) is 11.1 Å². The van der Waals surface area contributed by atoms with Crippen LogP contribution in [-0.4, -0.2) is 22.4 Å². The average Bonchev–Trinajstić information content (AvgIpc) is 2.60. The van der Waals surface area contributed by atoms with Crippen molar-refractivity contribution in [3.8, 4) is 12.3 Å². The number of amides is 1. The maximum atomic E-state index is 11.7. The van der Waals surface area contributed by atoms with Crippen LogP contribution < -0.4 is 4.90 Å². The highest BCUT2D eigenvalue weighted by atomic mass is 79.9. The Kier molecular flexibility index (Phi) is 3.13. The highest BCUT2D eigenvalue weighted by Gasteiger charge is 2.31. The minimum Gasteiger partial charge on any atom is -0.293 e. The Morgan fingerprint density at radius 1 is 1.69 bits per heavy atom. The van der Waals surface area contributed by atoms with Gasteiger partial charge in [0.25, 0.3) is 0 Å². The number of carbonyl (C=O) groups excluding carboxylic acids is 1. The molecule has 4 nitrogen and oxygen atoms in total. The van der Waals surface area contributed by atoms with Crippen LogP contribution in [-0.2, 0) is 4.79 Å². The summed E-state index contributed by atoms with van der Waals surface area (Å²) >= 11 is 9.07. The van der Waals surface area contributed by atoms with Crippen LogP contribution in [0.25, 0.3) is 0 Å². The third-order valence-electron chi connectivity index (χ3n) is 2.30. The molecule has 0 aromatic carbocycles. The summed E-state index contributed by atoms with van der Waals surface area (Å²) in [6.45, 7) is 0.450. The summed E-state index contributed by atoms with van der Waals surface area (Å²) in [5.74, 6) is 2.79. The van der Waals surface area contributed by atoms with E-state index in [0.29, 0.717) is 23.4 Å². The van der Waals surface area contributed by atoms with Gasteiger partial charge in [-0.15, -0.1) is 12.3 Å². The molecule has 0 radical (unpaired) electrons. The Balaban J connectivity index is 2.32. The van der Waals surface area contributed by atoms with Gasteiger partial charge in [0, 0.05) is 18.9 Å². The zero-order chi connectivity index (χ0) is 11.7. The summed E-state index contributed by atoms with van der Waals surface area (Å²) in [6, 6.07) is 0. The molecule has 2 heterocycles. The van der Waals surface area contributed by atoms with E-state index < -0.39 is 0 Å². The standard InChI is InChI=1S/C10H7BrClN3O/c1-2-6-3-8(16)15(5-6)10-9(12)14-7(11)4-13-10/h1,4,6H,3,5H2. The molecule has 6 heteroatoms. The second kappa shape index (κ2) is 4.40. The lowest BCUT2D eigenvalue weighted by molar-refractivity contribution is -0.117. The second-order valence-electron chi connectivity index (χ2n) is 3.38. The van der Waals surface area contributed by atoms with E-state index in [1.54, 1.807) is 0 Å². The predicted octanol–water partition coefficient (Wildman–Crippen LogP) is 1.88. The molecule has 1 fully saturated rings. The van der Waals surface area contributed by atoms with Gasteiger partial charge >= 0.3 is 0 Å².